The van der Waals surface area contributed by atoms with Crippen LogP contribution in [0.4, 0.5) is 0 Å². The molecule has 1 atom stereocenters. The topological polar surface area (TPSA) is 55.2 Å². The molecule has 0 spiro atoms. The Morgan fingerprint density at radius 3 is 2.39 bits per heavy atom. The number of unbranched alkanes of at least 4 members (excludes halogenated alkanes) is 3. The van der Waals surface area contributed by atoms with E-state index < -0.39 is 6.04 Å². The largest absolute Gasteiger partial charge is 0.328 e. The van der Waals surface area contributed by atoms with Gasteiger partial charge in [-0.25, -0.2) is 4.98 Å². The Morgan fingerprint density at radius 2 is 1.68 bits per heavy atom. The van der Waals surface area contributed by atoms with Crippen molar-refractivity contribution in [3.05, 3.63) is 104 Å². The summed E-state index contributed by atoms with van der Waals surface area (Å²) in [6.45, 7) is 4.63. The van der Waals surface area contributed by atoms with E-state index in [2.05, 4.69) is 6.92 Å². The molecule has 38 heavy (non-hydrogen) atoms. The van der Waals surface area contributed by atoms with Crippen LogP contribution in [-0.2, 0) is 0 Å². The molecule has 198 valence electrons. The van der Waals surface area contributed by atoms with Crippen LogP contribution in [0.2, 0.25) is 15.1 Å². The second-order valence-electron chi connectivity index (χ2n) is 9.22. The number of nitrogens with zero attached hydrogens (tertiary/aromatic N) is 3. The molecule has 0 aliphatic rings. The second-order valence-corrected chi connectivity index (χ2v) is 10.5. The van der Waals surface area contributed by atoms with Crippen molar-refractivity contribution in [3.63, 3.8) is 0 Å². The maximum atomic E-state index is 14.0. The summed E-state index contributed by atoms with van der Waals surface area (Å²) in [6, 6.07) is 18.7. The van der Waals surface area contributed by atoms with Crippen LogP contribution in [0.1, 0.15) is 68.2 Å². The van der Waals surface area contributed by atoms with Crippen LogP contribution in [0.3, 0.4) is 0 Å². The van der Waals surface area contributed by atoms with Crippen LogP contribution in [0.25, 0.3) is 16.6 Å². The molecule has 1 heterocycles. The number of carbonyl (C=O) groups excluding carboxylic acids is 1. The SMILES string of the molecule is CCCCCCN(C(=O)c1ccc(Cl)cc1Cl)C(CC)c1nc2ccccc2c(=O)n1-c1cccc(Cl)c1. The quantitative estimate of drug-likeness (QED) is 0.180. The van der Waals surface area contributed by atoms with Gasteiger partial charge in [-0.15, -0.1) is 0 Å². The van der Waals surface area contributed by atoms with Crippen molar-refractivity contribution in [1.29, 1.82) is 0 Å². The zero-order valence-corrected chi connectivity index (χ0v) is 23.7. The number of fused-ring (bicyclic) bond motifs is 1. The van der Waals surface area contributed by atoms with Gasteiger partial charge in [-0.1, -0.05) is 86.1 Å². The van der Waals surface area contributed by atoms with Gasteiger partial charge >= 0.3 is 0 Å². The highest BCUT2D eigenvalue weighted by atomic mass is 35.5. The maximum absolute atomic E-state index is 14.0. The van der Waals surface area contributed by atoms with Crippen molar-refractivity contribution in [2.45, 2.75) is 52.0 Å². The highest BCUT2D eigenvalue weighted by Gasteiger charge is 2.30. The van der Waals surface area contributed by atoms with Crippen molar-refractivity contribution in [2.75, 3.05) is 6.54 Å². The molecule has 5 nitrogen and oxygen atoms in total. The molecule has 3 aromatic carbocycles. The number of rotatable bonds is 10. The molecule has 0 bridgehead atoms. The molecular weight excluding hydrogens is 541 g/mol. The fraction of sp³-hybridized carbons (Fsp3) is 0.300. The average Bonchev–Trinajstić information content (AvgIpc) is 2.90. The molecule has 0 saturated carbocycles. The van der Waals surface area contributed by atoms with E-state index in [-0.39, 0.29) is 16.5 Å². The minimum atomic E-state index is -0.493. The summed E-state index contributed by atoms with van der Waals surface area (Å²) in [5.74, 6) is 0.252. The number of hydrogen-bond acceptors (Lipinski definition) is 3. The first kappa shape index (κ1) is 28.2. The minimum Gasteiger partial charge on any atom is -0.328 e. The summed E-state index contributed by atoms with van der Waals surface area (Å²) in [4.78, 5) is 34.7. The van der Waals surface area contributed by atoms with E-state index in [1.807, 2.05) is 31.2 Å². The van der Waals surface area contributed by atoms with Crippen molar-refractivity contribution >= 4 is 51.6 Å². The first-order valence-corrected chi connectivity index (χ1v) is 14.0. The molecule has 4 rings (SSSR count). The third-order valence-electron chi connectivity index (χ3n) is 6.60. The molecule has 0 aliphatic heterocycles. The molecule has 0 fully saturated rings. The van der Waals surface area contributed by atoms with Gasteiger partial charge in [0.25, 0.3) is 11.5 Å². The van der Waals surface area contributed by atoms with Gasteiger partial charge in [-0.05, 0) is 61.4 Å². The van der Waals surface area contributed by atoms with Crippen molar-refractivity contribution < 1.29 is 4.79 Å². The van der Waals surface area contributed by atoms with Crippen molar-refractivity contribution in [2.24, 2.45) is 0 Å². The second kappa shape index (κ2) is 12.8. The van der Waals surface area contributed by atoms with E-state index in [0.717, 1.165) is 25.7 Å². The summed E-state index contributed by atoms with van der Waals surface area (Å²) in [5.41, 5.74) is 1.32. The molecule has 8 heteroatoms. The lowest BCUT2D eigenvalue weighted by atomic mass is 10.1. The van der Waals surface area contributed by atoms with Crippen molar-refractivity contribution in [3.8, 4) is 5.69 Å². The maximum Gasteiger partial charge on any atom is 0.266 e. The van der Waals surface area contributed by atoms with Gasteiger partial charge in [0.05, 0.1) is 33.2 Å². The highest BCUT2D eigenvalue weighted by Crippen LogP contribution is 2.31. The summed E-state index contributed by atoms with van der Waals surface area (Å²) in [6.07, 6.45) is 4.49. The van der Waals surface area contributed by atoms with E-state index >= 15 is 0 Å². The molecule has 1 amide bonds. The molecule has 0 N–H and O–H groups in total. The summed E-state index contributed by atoms with van der Waals surface area (Å²) in [7, 11) is 0. The van der Waals surface area contributed by atoms with E-state index in [1.165, 1.54) is 0 Å². The Morgan fingerprint density at radius 1 is 0.921 bits per heavy atom. The van der Waals surface area contributed by atoms with Gasteiger partial charge in [0.1, 0.15) is 5.82 Å². The third kappa shape index (κ3) is 6.06. The fourth-order valence-electron chi connectivity index (χ4n) is 4.71. The Hall–Kier alpha value is -2.86. The smallest absolute Gasteiger partial charge is 0.266 e. The van der Waals surface area contributed by atoms with Gasteiger partial charge < -0.3 is 4.90 Å². The van der Waals surface area contributed by atoms with Crippen LogP contribution in [0, 0.1) is 0 Å². The number of para-hydroxylation sites is 1. The van der Waals surface area contributed by atoms with Gasteiger partial charge in [0.2, 0.25) is 0 Å². The lowest BCUT2D eigenvalue weighted by Crippen LogP contribution is -2.39. The van der Waals surface area contributed by atoms with E-state index in [4.69, 9.17) is 39.8 Å². The van der Waals surface area contributed by atoms with E-state index in [9.17, 15) is 9.59 Å². The van der Waals surface area contributed by atoms with Crippen LogP contribution in [-0.4, -0.2) is 26.9 Å². The summed E-state index contributed by atoms with van der Waals surface area (Å²) < 4.78 is 1.58. The Kier molecular flexibility index (Phi) is 9.48. The van der Waals surface area contributed by atoms with Gasteiger partial charge in [0.15, 0.2) is 0 Å². The number of amides is 1. The standard InChI is InChI=1S/C30H30Cl3N3O2/c1-3-5-6-9-17-35(29(37)23-16-15-21(32)19-25(23)33)27(4-2)28-34-26-14-8-7-13-24(26)30(38)36(28)22-12-10-11-20(31)18-22/h7-8,10-16,18-19,27H,3-6,9,17H2,1-2H3. The van der Waals surface area contributed by atoms with Crippen LogP contribution in [0.15, 0.2) is 71.5 Å². The minimum absolute atomic E-state index is 0.214. The highest BCUT2D eigenvalue weighted by molar-refractivity contribution is 6.36. The predicted molar refractivity (Wildman–Crippen MR) is 157 cm³/mol. The number of carbonyl (C=O) groups is 1. The Labute approximate surface area is 238 Å². The van der Waals surface area contributed by atoms with Crippen LogP contribution in [0.5, 0.6) is 0 Å². The van der Waals surface area contributed by atoms with Gasteiger partial charge in [-0.3, -0.25) is 14.2 Å². The molecule has 0 radical (unpaired) electrons. The van der Waals surface area contributed by atoms with E-state index in [1.54, 1.807) is 51.9 Å². The molecular formula is C30H30Cl3N3O2. The molecule has 4 aromatic rings. The first-order valence-electron chi connectivity index (χ1n) is 12.9. The predicted octanol–water partition coefficient (Wildman–Crippen LogP) is 8.52. The monoisotopic (exact) mass is 569 g/mol. The Balaban J connectivity index is 1.91. The lowest BCUT2D eigenvalue weighted by molar-refractivity contribution is 0.0655. The summed E-state index contributed by atoms with van der Waals surface area (Å²) >= 11 is 18.9. The number of aromatic nitrogens is 2. The molecule has 0 saturated heterocycles. The molecule has 1 unspecified atom stereocenters. The van der Waals surface area contributed by atoms with Crippen molar-refractivity contribution in [1.82, 2.24) is 14.5 Å². The van der Waals surface area contributed by atoms with Crippen LogP contribution >= 0.6 is 34.8 Å². The zero-order valence-electron chi connectivity index (χ0n) is 21.5. The van der Waals surface area contributed by atoms with Gasteiger partial charge in [-0.2, -0.15) is 0 Å². The van der Waals surface area contributed by atoms with E-state index in [0.29, 0.717) is 51.0 Å². The summed E-state index contributed by atoms with van der Waals surface area (Å²) in [5, 5.41) is 1.74. The normalized spacial score (nSPS) is 12.0. The number of benzene rings is 3. The molecule has 0 aliphatic carbocycles. The average molecular weight is 571 g/mol. The lowest BCUT2D eigenvalue weighted by Gasteiger charge is -2.33. The molecule has 1 aromatic heterocycles. The van der Waals surface area contributed by atoms with Gasteiger partial charge in [0, 0.05) is 16.6 Å². The number of hydrogen-bond donors (Lipinski definition) is 0. The fourth-order valence-corrected chi connectivity index (χ4v) is 5.38. The zero-order chi connectivity index (χ0) is 27.2. The third-order valence-corrected chi connectivity index (χ3v) is 7.39. The Bertz CT molecular complexity index is 1500. The van der Waals surface area contributed by atoms with Crippen LogP contribution < -0.4 is 5.56 Å². The number of halogens is 3. The first-order chi connectivity index (χ1) is 18.3.